The van der Waals surface area contributed by atoms with E-state index in [1.165, 1.54) is 44.1 Å². The topological polar surface area (TPSA) is 9.23 Å². The van der Waals surface area contributed by atoms with Crippen molar-refractivity contribution in [2.75, 3.05) is 7.11 Å². The van der Waals surface area contributed by atoms with Crippen molar-refractivity contribution < 1.29 is 13.5 Å². The molecular formula is C22H26F2O. The Bertz CT molecular complexity index is 695. The Balaban J connectivity index is 1.94. The smallest absolute Gasteiger partial charge is 0.132 e. The quantitative estimate of drug-likeness (QED) is 0.604. The average molecular weight is 344 g/mol. The number of ether oxygens (including phenoxy) is 1. The summed E-state index contributed by atoms with van der Waals surface area (Å²) in [6.07, 6.45) is 6.03. The van der Waals surface area contributed by atoms with Gasteiger partial charge in [0.1, 0.15) is 11.6 Å². The van der Waals surface area contributed by atoms with E-state index >= 15 is 0 Å². The first-order valence-electron chi connectivity index (χ1n) is 9.20. The highest BCUT2D eigenvalue weighted by Gasteiger charge is 2.24. The van der Waals surface area contributed by atoms with Gasteiger partial charge in [0.05, 0.1) is 6.61 Å². The molecule has 3 rings (SSSR count). The van der Waals surface area contributed by atoms with Crippen molar-refractivity contribution in [1.82, 2.24) is 0 Å². The summed E-state index contributed by atoms with van der Waals surface area (Å²) in [6, 6.07) is 10.9. The van der Waals surface area contributed by atoms with Crippen LogP contribution in [0.5, 0.6) is 0 Å². The molecule has 1 saturated carbocycles. The average Bonchev–Trinajstić information content (AvgIpc) is 2.64. The van der Waals surface area contributed by atoms with E-state index in [0.717, 1.165) is 24.3 Å². The number of hydrogen-bond donors (Lipinski definition) is 0. The molecule has 0 aromatic heterocycles. The van der Waals surface area contributed by atoms with Crippen molar-refractivity contribution in [3.63, 3.8) is 0 Å². The monoisotopic (exact) mass is 344 g/mol. The third-order valence-corrected chi connectivity index (χ3v) is 5.57. The van der Waals surface area contributed by atoms with Gasteiger partial charge in [0.2, 0.25) is 0 Å². The molecule has 0 radical (unpaired) electrons. The van der Waals surface area contributed by atoms with Crippen molar-refractivity contribution in [3.05, 3.63) is 59.2 Å². The Kier molecular flexibility index (Phi) is 5.85. The maximum Gasteiger partial charge on any atom is 0.132 e. The molecule has 0 unspecified atom stereocenters. The molecule has 2 aromatic carbocycles. The molecule has 0 amide bonds. The Morgan fingerprint density at radius 2 is 1.64 bits per heavy atom. The summed E-state index contributed by atoms with van der Waals surface area (Å²) in [7, 11) is 1.44. The molecule has 0 N–H and O–H groups in total. The Hall–Kier alpha value is -1.74. The number of hydrogen-bond acceptors (Lipinski definition) is 1. The lowest BCUT2D eigenvalue weighted by Crippen LogP contribution is -2.13. The Morgan fingerprint density at radius 3 is 2.24 bits per heavy atom. The van der Waals surface area contributed by atoms with Crippen LogP contribution in [0, 0.1) is 17.6 Å². The molecule has 0 bridgehead atoms. The summed E-state index contributed by atoms with van der Waals surface area (Å²) in [5.41, 5.74) is 2.77. The van der Waals surface area contributed by atoms with Crippen molar-refractivity contribution in [1.29, 1.82) is 0 Å². The van der Waals surface area contributed by atoms with Crippen LogP contribution >= 0.6 is 0 Å². The van der Waals surface area contributed by atoms with Gasteiger partial charge in [0, 0.05) is 12.7 Å². The van der Waals surface area contributed by atoms with Crippen LogP contribution in [0.15, 0.2) is 36.4 Å². The van der Waals surface area contributed by atoms with Crippen molar-refractivity contribution in [2.24, 2.45) is 5.92 Å². The maximum absolute atomic E-state index is 14.3. The van der Waals surface area contributed by atoms with Crippen LogP contribution in [0.3, 0.4) is 0 Å². The minimum atomic E-state index is -0.540. The first-order valence-corrected chi connectivity index (χ1v) is 9.20. The molecule has 1 nitrogen and oxygen atoms in total. The van der Waals surface area contributed by atoms with Crippen molar-refractivity contribution in [3.8, 4) is 11.1 Å². The largest absolute Gasteiger partial charge is 0.380 e. The van der Waals surface area contributed by atoms with Gasteiger partial charge in [-0.2, -0.15) is 0 Å². The predicted octanol–water partition coefficient (Wildman–Crippen LogP) is 6.46. The summed E-state index contributed by atoms with van der Waals surface area (Å²) in [5, 5.41) is 0. The molecule has 134 valence electrons. The van der Waals surface area contributed by atoms with E-state index < -0.39 is 11.6 Å². The maximum atomic E-state index is 14.3. The van der Waals surface area contributed by atoms with Crippen LogP contribution in [-0.4, -0.2) is 7.11 Å². The van der Waals surface area contributed by atoms with Gasteiger partial charge in [0.15, 0.2) is 0 Å². The number of halogens is 2. The van der Waals surface area contributed by atoms with Crippen molar-refractivity contribution >= 4 is 0 Å². The van der Waals surface area contributed by atoms with Crippen LogP contribution in [0.25, 0.3) is 11.1 Å². The van der Waals surface area contributed by atoms with Gasteiger partial charge in [-0.1, -0.05) is 37.6 Å². The Labute approximate surface area is 149 Å². The highest BCUT2D eigenvalue weighted by molar-refractivity contribution is 5.68. The number of benzene rings is 2. The van der Waals surface area contributed by atoms with E-state index in [4.69, 9.17) is 4.74 Å². The molecule has 2 aromatic rings. The van der Waals surface area contributed by atoms with Crippen LogP contribution in [0.4, 0.5) is 8.78 Å². The summed E-state index contributed by atoms with van der Waals surface area (Å²) in [5.74, 6) is 0.220. The van der Waals surface area contributed by atoms with E-state index in [1.807, 2.05) is 18.2 Å². The molecule has 1 aliphatic rings. The molecule has 0 heterocycles. The van der Waals surface area contributed by atoms with Crippen LogP contribution in [0.1, 0.15) is 56.1 Å². The number of rotatable bonds is 5. The van der Waals surface area contributed by atoms with Crippen LogP contribution in [0.2, 0.25) is 0 Å². The summed E-state index contributed by atoms with van der Waals surface area (Å²) in [6.45, 7) is 2.20. The SMILES string of the molecule is CCC1CCC(c2ccccc2-c2cc(F)c(COC)c(F)c2)CC1. The fraction of sp³-hybridized carbons (Fsp3) is 0.455. The zero-order valence-electron chi connectivity index (χ0n) is 15.0. The summed E-state index contributed by atoms with van der Waals surface area (Å²) < 4.78 is 33.6. The molecule has 0 spiro atoms. The molecular weight excluding hydrogens is 318 g/mol. The van der Waals surface area contributed by atoms with Gasteiger partial charge in [-0.3, -0.25) is 0 Å². The van der Waals surface area contributed by atoms with Gasteiger partial charge >= 0.3 is 0 Å². The normalized spacial score (nSPS) is 20.6. The van der Waals surface area contributed by atoms with E-state index in [9.17, 15) is 8.78 Å². The second kappa shape index (κ2) is 8.09. The lowest BCUT2D eigenvalue weighted by Gasteiger charge is -2.29. The van der Waals surface area contributed by atoms with E-state index in [-0.39, 0.29) is 12.2 Å². The fourth-order valence-electron chi connectivity index (χ4n) is 4.04. The number of methoxy groups -OCH3 is 1. The first-order chi connectivity index (χ1) is 12.1. The third-order valence-electron chi connectivity index (χ3n) is 5.57. The fourth-order valence-corrected chi connectivity index (χ4v) is 4.04. The second-order valence-corrected chi connectivity index (χ2v) is 7.06. The van der Waals surface area contributed by atoms with Gasteiger partial charge in [-0.25, -0.2) is 8.78 Å². The van der Waals surface area contributed by atoms with E-state index in [2.05, 4.69) is 13.0 Å². The molecule has 3 heteroatoms. The van der Waals surface area contributed by atoms with Gasteiger partial charge in [-0.15, -0.1) is 0 Å². The van der Waals surface area contributed by atoms with E-state index in [0.29, 0.717) is 11.5 Å². The summed E-state index contributed by atoms with van der Waals surface area (Å²) in [4.78, 5) is 0. The predicted molar refractivity (Wildman–Crippen MR) is 97.5 cm³/mol. The first kappa shape index (κ1) is 18.1. The standard InChI is InChI=1S/C22H26F2O/c1-3-15-8-10-16(11-9-15)18-6-4-5-7-19(18)17-12-21(23)20(14-25-2)22(24)13-17/h4-7,12-13,15-16H,3,8-11,14H2,1-2H3. The minimum absolute atomic E-state index is 0.00724. The van der Waals surface area contributed by atoms with E-state index in [1.54, 1.807) is 0 Å². The van der Waals surface area contributed by atoms with Crippen LogP contribution < -0.4 is 0 Å². The van der Waals surface area contributed by atoms with Crippen LogP contribution in [-0.2, 0) is 11.3 Å². The third kappa shape index (κ3) is 3.92. The zero-order valence-corrected chi connectivity index (χ0v) is 15.0. The molecule has 0 aliphatic heterocycles. The highest BCUT2D eigenvalue weighted by Crippen LogP contribution is 2.41. The van der Waals surface area contributed by atoms with Crippen molar-refractivity contribution in [2.45, 2.75) is 51.6 Å². The second-order valence-electron chi connectivity index (χ2n) is 7.06. The molecule has 1 aliphatic carbocycles. The lowest BCUT2D eigenvalue weighted by atomic mass is 9.76. The Morgan fingerprint density at radius 1 is 1.00 bits per heavy atom. The molecule has 25 heavy (non-hydrogen) atoms. The molecule has 0 saturated heterocycles. The summed E-state index contributed by atoms with van der Waals surface area (Å²) >= 11 is 0. The van der Waals surface area contributed by atoms with Gasteiger partial charge in [0.25, 0.3) is 0 Å². The highest BCUT2D eigenvalue weighted by atomic mass is 19.1. The lowest BCUT2D eigenvalue weighted by molar-refractivity contribution is 0.177. The van der Waals surface area contributed by atoms with Gasteiger partial charge in [-0.05, 0) is 66.3 Å². The molecule has 1 fully saturated rings. The molecule has 0 atom stereocenters. The zero-order chi connectivity index (χ0) is 17.8. The van der Waals surface area contributed by atoms with Gasteiger partial charge < -0.3 is 4.74 Å². The minimum Gasteiger partial charge on any atom is -0.380 e.